The fraction of sp³-hybridized carbons (Fsp3) is 0.417. The van der Waals surface area contributed by atoms with Crippen molar-refractivity contribution >= 4 is 11.9 Å². The van der Waals surface area contributed by atoms with E-state index in [1.54, 1.807) is 6.26 Å². The number of nitrogens with zero attached hydrogens (tertiary/aromatic N) is 4. The zero-order chi connectivity index (χ0) is 13.0. The van der Waals surface area contributed by atoms with Crippen molar-refractivity contribution in [3.05, 3.63) is 18.4 Å². The van der Waals surface area contributed by atoms with Crippen LogP contribution < -0.4 is 10.2 Å². The first-order valence-corrected chi connectivity index (χ1v) is 5.92. The first kappa shape index (κ1) is 12.3. The molecule has 2 aromatic heterocycles. The lowest BCUT2D eigenvalue weighted by atomic mass is 10.4. The molecule has 0 spiro atoms. The van der Waals surface area contributed by atoms with Crippen LogP contribution in [0.4, 0.5) is 11.9 Å². The third-order valence-electron chi connectivity index (χ3n) is 2.30. The number of nitrogens with one attached hydrogen (secondary N) is 1. The Hall–Kier alpha value is -2.11. The topological polar surface area (TPSA) is 67.1 Å². The van der Waals surface area contributed by atoms with Gasteiger partial charge in [-0.2, -0.15) is 15.0 Å². The molecule has 0 aromatic carbocycles. The molecule has 2 aromatic rings. The highest BCUT2D eigenvalue weighted by molar-refractivity contribution is 5.51. The molecule has 6 nitrogen and oxygen atoms in total. The van der Waals surface area contributed by atoms with E-state index in [2.05, 4.69) is 27.2 Å². The molecular formula is C12H17N5O. The van der Waals surface area contributed by atoms with Gasteiger partial charge in [0.05, 0.1) is 6.26 Å². The highest BCUT2D eigenvalue weighted by Gasteiger charge is 2.11. The van der Waals surface area contributed by atoms with Crippen LogP contribution in [0.15, 0.2) is 22.8 Å². The summed E-state index contributed by atoms with van der Waals surface area (Å²) in [5.74, 6) is 2.36. The average Bonchev–Trinajstić information content (AvgIpc) is 2.89. The normalized spacial score (nSPS) is 10.4. The second kappa shape index (κ2) is 5.48. The molecule has 0 radical (unpaired) electrons. The summed E-state index contributed by atoms with van der Waals surface area (Å²) in [4.78, 5) is 14.9. The fourth-order valence-corrected chi connectivity index (χ4v) is 1.40. The number of anilines is 2. The molecular weight excluding hydrogens is 230 g/mol. The van der Waals surface area contributed by atoms with Crippen LogP contribution in [0.3, 0.4) is 0 Å². The Morgan fingerprint density at radius 3 is 2.72 bits per heavy atom. The highest BCUT2D eigenvalue weighted by atomic mass is 16.3. The Bertz CT molecular complexity index is 495. The van der Waals surface area contributed by atoms with Gasteiger partial charge in [-0.3, -0.25) is 0 Å². The minimum absolute atomic E-state index is 0.539. The Morgan fingerprint density at radius 2 is 2.11 bits per heavy atom. The fourth-order valence-electron chi connectivity index (χ4n) is 1.40. The molecule has 0 fully saturated rings. The summed E-state index contributed by atoms with van der Waals surface area (Å²) in [6, 6.07) is 3.64. The first-order valence-electron chi connectivity index (χ1n) is 5.92. The van der Waals surface area contributed by atoms with Gasteiger partial charge in [0.2, 0.25) is 17.7 Å². The Kier molecular flexibility index (Phi) is 3.76. The van der Waals surface area contributed by atoms with Gasteiger partial charge in [0.15, 0.2) is 5.76 Å². The van der Waals surface area contributed by atoms with E-state index in [0.717, 1.165) is 13.0 Å². The van der Waals surface area contributed by atoms with E-state index in [1.165, 1.54) is 0 Å². The van der Waals surface area contributed by atoms with Gasteiger partial charge in [0, 0.05) is 20.6 Å². The maximum Gasteiger partial charge on any atom is 0.230 e. The van der Waals surface area contributed by atoms with Crippen molar-refractivity contribution in [1.29, 1.82) is 0 Å². The molecule has 0 unspecified atom stereocenters. The molecule has 18 heavy (non-hydrogen) atoms. The van der Waals surface area contributed by atoms with Gasteiger partial charge < -0.3 is 14.6 Å². The van der Waals surface area contributed by atoms with E-state index < -0.39 is 0 Å². The second-order valence-electron chi connectivity index (χ2n) is 4.08. The highest BCUT2D eigenvalue weighted by Crippen LogP contribution is 2.19. The number of aromatic nitrogens is 3. The van der Waals surface area contributed by atoms with Gasteiger partial charge in [-0.15, -0.1) is 0 Å². The molecule has 1 N–H and O–H groups in total. The van der Waals surface area contributed by atoms with Crippen LogP contribution in [0.5, 0.6) is 0 Å². The van der Waals surface area contributed by atoms with Gasteiger partial charge in [-0.05, 0) is 18.6 Å². The Morgan fingerprint density at radius 1 is 1.28 bits per heavy atom. The summed E-state index contributed by atoms with van der Waals surface area (Å²) in [6.07, 6.45) is 2.62. The van der Waals surface area contributed by atoms with E-state index >= 15 is 0 Å². The van der Waals surface area contributed by atoms with E-state index in [1.807, 2.05) is 31.1 Å². The quantitative estimate of drug-likeness (QED) is 0.871. The minimum Gasteiger partial charge on any atom is -0.461 e. The van der Waals surface area contributed by atoms with Crippen molar-refractivity contribution < 1.29 is 4.42 Å². The van der Waals surface area contributed by atoms with Gasteiger partial charge in [0.1, 0.15) is 0 Å². The summed E-state index contributed by atoms with van der Waals surface area (Å²) in [7, 11) is 3.79. The Labute approximate surface area is 106 Å². The summed E-state index contributed by atoms with van der Waals surface area (Å²) in [5.41, 5.74) is 0. The third kappa shape index (κ3) is 2.77. The molecule has 6 heteroatoms. The van der Waals surface area contributed by atoms with Gasteiger partial charge in [-0.1, -0.05) is 6.92 Å². The van der Waals surface area contributed by atoms with E-state index in [4.69, 9.17) is 4.42 Å². The maximum absolute atomic E-state index is 5.31. The maximum atomic E-state index is 5.31. The lowest BCUT2D eigenvalue weighted by Gasteiger charge is -2.12. The number of furan rings is 1. The molecule has 0 atom stereocenters. The molecule has 0 saturated heterocycles. The second-order valence-corrected chi connectivity index (χ2v) is 4.08. The number of rotatable bonds is 5. The molecule has 0 aliphatic heterocycles. The van der Waals surface area contributed by atoms with E-state index in [-0.39, 0.29) is 0 Å². The van der Waals surface area contributed by atoms with Crippen LogP contribution in [-0.4, -0.2) is 35.6 Å². The van der Waals surface area contributed by atoms with Crippen molar-refractivity contribution in [3.8, 4) is 11.6 Å². The SMILES string of the molecule is CCCNc1nc(-c2ccco2)nc(N(C)C)n1. The van der Waals surface area contributed by atoms with Crippen molar-refractivity contribution in [3.63, 3.8) is 0 Å². The summed E-state index contributed by atoms with van der Waals surface area (Å²) in [5, 5.41) is 3.16. The standard InChI is InChI=1S/C12H17N5O/c1-4-7-13-11-14-10(9-6-5-8-18-9)15-12(16-11)17(2)3/h5-6,8H,4,7H2,1-3H3,(H,13,14,15,16). The van der Waals surface area contributed by atoms with E-state index in [9.17, 15) is 0 Å². The summed E-state index contributed by atoms with van der Waals surface area (Å²) >= 11 is 0. The van der Waals surface area contributed by atoms with Crippen LogP contribution in [0.2, 0.25) is 0 Å². The van der Waals surface area contributed by atoms with Crippen LogP contribution in [-0.2, 0) is 0 Å². The third-order valence-corrected chi connectivity index (χ3v) is 2.30. The van der Waals surface area contributed by atoms with Gasteiger partial charge in [-0.25, -0.2) is 0 Å². The Balaban J connectivity index is 2.36. The summed E-state index contributed by atoms with van der Waals surface area (Å²) < 4.78 is 5.31. The minimum atomic E-state index is 0.539. The monoisotopic (exact) mass is 247 g/mol. The van der Waals surface area contributed by atoms with Crippen molar-refractivity contribution in [2.75, 3.05) is 30.9 Å². The smallest absolute Gasteiger partial charge is 0.230 e. The van der Waals surface area contributed by atoms with Gasteiger partial charge >= 0.3 is 0 Å². The number of hydrogen-bond acceptors (Lipinski definition) is 6. The molecule has 0 aliphatic rings. The lowest BCUT2D eigenvalue weighted by molar-refractivity contribution is 0.576. The molecule has 0 bridgehead atoms. The lowest BCUT2D eigenvalue weighted by Crippen LogP contribution is -2.16. The predicted octanol–water partition coefficient (Wildman–Crippen LogP) is 2.02. The average molecular weight is 247 g/mol. The molecule has 2 heterocycles. The molecule has 0 amide bonds. The van der Waals surface area contributed by atoms with Crippen molar-refractivity contribution in [2.45, 2.75) is 13.3 Å². The zero-order valence-electron chi connectivity index (χ0n) is 10.8. The van der Waals surface area contributed by atoms with Crippen LogP contribution in [0.25, 0.3) is 11.6 Å². The zero-order valence-corrected chi connectivity index (χ0v) is 10.8. The predicted molar refractivity (Wildman–Crippen MR) is 70.6 cm³/mol. The van der Waals surface area contributed by atoms with Crippen LogP contribution in [0.1, 0.15) is 13.3 Å². The van der Waals surface area contributed by atoms with Crippen molar-refractivity contribution in [1.82, 2.24) is 15.0 Å². The largest absolute Gasteiger partial charge is 0.461 e. The van der Waals surface area contributed by atoms with Crippen LogP contribution in [0, 0.1) is 0 Å². The summed E-state index contributed by atoms with van der Waals surface area (Å²) in [6.45, 7) is 2.92. The van der Waals surface area contributed by atoms with Crippen molar-refractivity contribution in [2.24, 2.45) is 0 Å². The first-order chi connectivity index (χ1) is 8.70. The molecule has 0 saturated carbocycles. The molecule has 2 rings (SSSR count). The molecule has 96 valence electrons. The number of hydrogen-bond donors (Lipinski definition) is 1. The van der Waals surface area contributed by atoms with Crippen LogP contribution >= 0.6 is 0 Å². The van der Waals surface area contributed by atoms with E-state index in [0.29, 0.717) is 23.5 Å². The van der Waals surface area contributed by atoms with Gasteiger partial charge in [0.25, 0.3) is 0 Å². The molecule has 0 aliphatic carbocycles.